The first-order valence-electron chi connectivity index (χ1n) is 5.44. The third-order valence-corrected chi connectivity index (χ3v) is 3.64. The molecule has 0 spiro atoms. The lowest BCUT2D eigenvalue weighted by Crippen LogP contribution is -2.47. The van der Waals surface area contributed by atoms with Crippen LogP contribution in [0.2, 0.25) is 0 Å². The molecule has 0 aliphatic carbocycles. The molecule has 0 saturated heterocycles. The average Bonchev–Trinajstić information content (AvgIpc) is 2.21. The van der Waals surface area contributed by atoms with Gasteiger partial charge in [0.05, 0.1) is 12.1 Å². The Labute approximate surface area is 116 Å². The van der Waals surface area contributed by atoms with Gasteiger partial charge in [-0.2, -0.15) is 0 Å². The summed E-state index contributed by atoms with van der Waals surface area (Å²) >= 11 is 2.23. The van der Waals surface area contributed by atoms with Crippen LogP contribution in [-0.2, 0) is 4.74 Å². The molecule has 4 heteroatoms. The van der Waals surface area contributed by atoms with Gasteiger partial charge in [-0.05, 0) is 61.1 Å². The standard InChI is InChI=1S/C13H18INO2/c1-9-10(6-5-7-11(9)14)12(16)15-13(2,3)8-17-4/h5-7H,8H2,1-4H3,(H,15,16). The van der Waals surface area contributed by atoms with Crippen molar-refractivity contribution in [3.8, 4) is 0 Å². The predicted octanol–water partition coefficient (Wildman–Crippen LogP) is 2.75. The minimum Gasteiger partial charge on any atom is -0.382 e. The number of carbonyl (C=O) groups is 1. The van der Waals surface area contributed by atoms with Crippen LogP contribution in [0.1, 0.15) is 29.8 Å². The molecule has 0 unspecified atom stereocenters. The lowest BCUT2D eigenvalue weighted by Gasteiger charge is -2.25. The maximum absolute atomic E-state index is 12.1. The molecule has 0 atom stereocenters. The second-order valence-electron chi connectivity index (χ2n) is 4.68. The highest BCUT2D eigenvalue weighted by molar-refractivity contribution is 14.1. The number of amides is 1. The van der Waals surface area contributed by atoms with Crippen LogP contribution >= 0.6 is 22.6 Å². The molecule has 0 fully saturated rings. The zero-order chi connectivity index (χ0) is 13.1. The number of hydrogen-bond acceptors (Lipinski definition) is 2. The van der Waals surface area contributed by atoms with Crippen molar-refractivity contribution in [2.24, 2.45) is 0 Å². The van der Waals surface area contributed by atoms with E-state index in [0.29, 0.717) is 6.61 Å². The van der Waals surface area contributed by atoms with Gasteiger partial charge in [-0.15, -0.1) is 0 Å². The van der Waals surface area contributed by atoms with Crippen molar-refractivity contribution in [2.75, 3.05) is 13.7 Å². The summed E-state index contributed by atoms with van der Waals surface area (Å²) in [4.78, 5) is 12.1. The molecule has 0 aliphatic heterocycles. The molecule has 0 aliphatic rings. The van der Waals surface area contributed by atoms with Gasteiger partial charge in [0.1, 0.15) is 0 Å². The van der Waals surface area contributed by atoms with Crippen molar-refractivity contribution < 1.29 is 9.53 Å². The Bertz CT molecular complexity index is 416. The highest BCUT2D eigenvalue weighted by Crippen LogP contribution is 2.16. The van der Waals surface area contributed by atoms with Gasteiger partial charge in [0.25, 0.3) is 5.91 Å². The summed E-state index contributed by atoms with van der Waals surface area (Å²) in [6.45, 7) is 6.33. The molecule has 1 aromatic carbocycles. The number of hydrogen-bond donors (Lipinski definition) is 1. The van der Waals surface area contributed by atoms with E-state index in [2.05, 4.69) is 27.9 Å². The van der Waals surface area contributed by atoms with Crippen LogP contribution in [0.4, 0.5) is 0 Å². The summed E-state index contributed by atoms with van der Waals surface area (Å²) < 4.78 is 6.18. The van der Waals surface area contributed by atoms with Crippen molar-refractivity contribution in [2.45, 2.75) is 26.3 Å². The zero-order valence-corrected chi connectivity index (χ0v) is 12.8. The molecule has 17 heavy (non-hydrogen) atoms. The smallest absolute Gasteiger partial charge is 0.252 e. The minimum absolute atomic E-state index is 0.0527. The van der Waals surface area contributed by atoms with Crippen molar-refractivity contribution in [3.63, 3.8) is 0 Å². The number of nitrogens with one attached hydrogen (secondary N) is 1. The zero-order valence-electron chi connectivity index (χ0n) is 10.6. The Kier molecular flexibility index (Phi) is 4.94. The third-order valence-electron chi connectivity index (χ3n) is 2.47. The first-order valence-corrected chi connectivity index (χ1v) is 6.52. The molecule has 0 radical (unpaired) electrons. The molecular formula is C13H18INO2. The van der Waals surface area contributed by atoms with Crippen LogP contribution in [0, 0.1) is 10.5 Å². The van der Waals surface area contributed by atoms with E-state index in [9.17, 15) is 4.79 Å². The van der Waals surface area contributed by atoms with Crippen LogP contribution < -0.4 is 5.32 Å². The van der Waals surface area contributed by atoms with Crippen LogP contribution in [0.25, 0.3) is 0 Å². The summed E-state index contributed by atoms with van der Waals surface area (Å²) in [6, 6.07) is 5.73. The SMILES string of the molecule is COCC(C)(C)NC(=O)c1cccc(I)c1C. The largest absolute Gasteiger partial charge is 0.382 e. The van der Waals surface area contributed by atoms with Crippen LogP contribution in [0.15, 0.2) is 18.2 Å². The minimum atomic E-state index is -0.362. The van der Waals surface area contributed by atoms with E-state index in [1.54, 1.807) is 7.11 Å². The number of carbonyl (C=O) groups excluding carboxylic acids is 1. The fraction of sp³-hybridized carbons (Fsp3) is 0.462. The predicted molar refractivity (Wildman–Crippen MR) is 77.3 cm³/mol. The van der Waals surface area contributed by atoms with Gasteiger partial charge in [0, 0.05) is 16.2 Å². The molecule has 0 bridgehead atoms. The highest BCUT2D eigenvalue weighted by atomic mass is 127. The first kappa shape index (κ1) is 14.4. The molecule has 0 heterocycles. The van der Waals surface area contributed by atoms with Gasteiger partial charge in [0.2, 0.25) is 0 Å². The second-order valence-corrected chi connectivity index (χ2v) is 5.85. The average molecular weight is 347 g/mol. The topological polar surface area (TPSA) is 38.3 Å². The molecule has 0 aromatic heterocycles. The van der Waals surface area contributed by atoms with Crippen LogP contribution in [0.5, 0.6) is 0 Å². The lowest BCUT2D eigenvalue weighted by molar-refractivity contribution is 0.0819. The second kappa shape index (κ2) is 5.82. The van der Waals surface area contributed by atoms with Gasteiger partial charge < -0.3 is 10.1 Å². The normalized spacial score (nSPS) is 11.4. The number of halogens is 1. The van der Waals surface area contributed by atoms with E-state index in [4.69, 9.17) is 4.74 Å². The fourth-order valence-electron chi connectivity index (χ4n) is 1.63. The molecular weight excluding hydrogens is 329 g/mol. The van der Waals surface area contributed by atoms with Gasteiger partial charge in [-0.1, -0.05) is 6.07 Å². The van der Waals surface area contributed by atoms with Crippen molar-refractivity contribution in [1.29, 1.82) is 0 Å². The van der Waals surface area contributed by atoms with E-state index >= 15 is 0 Å². The van der Waals surface area contributed by atoms with Gasteiger partial charge in [-0.25, -0.2) is 0 Å². The summed E-state index contributed by atoms with van der Waals surface area (Å²) in [6.07, 6.45) is 0. The molecule has 3 nitrogen and oxygen atoms in total. The summed E-state index contributed by atoms with van der Waals surface area (Å²) in [5.41, 5.74) is 1.37. The van der Waals surface area contributed by atoms with E-state index < -0.39 is 0 Å². The first-order chi connectivity index (χ1) is 7.87. The lowest BCUT2D eigenvalue weighted by atomic mass is 10.0. The van der Waals surface area contributed by atoms with E-state index in [-0.39, 0.29) is 11.4 Å². The molecule has 1 rings (SSSR count). The third kappa shape index (κ3) is 3.96. The quantitative estimate of drug-likeness (QED) is 0.851. The monoisotopic (exact) mass is 347 g/mol. The molecule has 1 amide bonds. The summed E-state index contributed by atoms with van der Waals surface area (Å²) in [7, 11) is 1.63. The summed E-state index contributed by atoms with van der Waals surface area (Å²) in [5, 5.41) is 2.97. The Balaban J connectivity index is 2.87. The maximum Gasteiger partial charge on any atom is 0.252 e. The molecule has 0 saturated carbocycles. The van der Waals surface area contributed by atoms with E-state index in [1.807, 2.05) is 39.0 Å². The van der Waals surface area contributed by atoms with Crippen LogP contribution in [0.3, 0.4) is 0 Å². The maximum atomic E-state index is 12.1. The van der Waals surface area contributed by atoms with Gasteiger partial charge in [0.15, 0.2) is 0 Å². The fourth-order valence-corrected chi connectivity index (χ4v) is 2.12. The molecule has 1 aromatic rings. The summed E-state index contributed by atoms with van der Waals surface area (Å²) in [5.74, 6) is -0.0527. The number of rotatable bonds is 4. The van der Waals surface area contributed by atoms with Crippen LogP contribution in [-0.4, -0.2) is 25.2 Å². The Morgan fingerprint density at radius 1 is 1.47 bits per heavy atom. The van der Waals surface area contributed by atoms with E-state index in [0.717, 1.165) is 14.7 Å². The van der Waals surface area contributed by atoms with Crippen molar-refractivity contribution in [1.82, 2.24) is 5.32 Å². The molecule has 94 valence electrons. The Hall–Kier alpha value is -0.620. The number of ether oxygens (including phenoxy) is 1. The van der Waals surface area contributed by atoms with Gasteiger partial charge >= 0.3 is 0 Å². The molecule has 1 N–H and O–H groups in total. The van der Waals surface area contributed by atoms with Crippen molar-refractivity contribution in [3.05, 3.63) is 32.9 Å². The number of benzene rings is 1. The van der Waals surface area contributed by atoms with Crippen molar-refractivity contribution >= 4 is 28.5 Å². The highest BCUT2D eigenvalue weighted by Gasteiger charge is 2.22. The van der Waals surface area contributed by atoms with Gasteiger partial charge in [-0.3, -0.25) is 4.79 Å². The van der Waals surface area contributed by atoms with E-state index in [1.165, 1.54) is 0 Å². The number of methoxy groups -OCH3 is 1. The Morgan fingerprint density at radius 2 is 2.12 bits per heavy atom. The Morgan fingerprint density at radius 3 is 2.71 bits per heavy atom.